The van der Waals surface area contributed by atoms with Gasteiger partial charge in [0.15, 0.2) is 11.5 Å². The third-order valence-corrected chi connectivity index (χ3v) is 8.88. The molecule has 1 unspecified atom stereocenters. The van der Waals surface area contributed by atoms with Crippen molar-refractivity contribution in [2.24, 2.45) is 0 Å². The van der Waals surface area contributed by atoms with Gasteiger partial charge in [-0.3, -0.25) is 19.0 Å². The molecule has 8 nitrogen and oxygen atoms in total. The molecule has 0 spiro atoms. The Bertz CT molecular complexity index is 2120. The lowest BCUT2D eigenvalue weighted by Gasteiger charge is -2.15. The van der Waals surface area contributed by atoms with Gasteiger partial charge in [0.1, 0.15) is 5.70 Å². The van der Waals surface area contributed by atoms with Crippen LogP contribution in [0.1, 0.15) is 27.6 Å². The van der Waals surface area contributed by atoms with Crippen molar-refractivity contribution < 1.29 is 23.9 Å². The van der Waals surface area contributed by atoms with E-state index in [1.54, 1.807) is 66.3 Å². The molecular formula is C39H33N3O5S. The third-order valence-electron chi connectivity index (χ3n) is 7.80. The van der Waals surface area contributed by atoms with Crippen molar-refractivity contribution in [1.82, 2.24) is 9.88 Å². The summed E-state index contributed by atoms with van der Waals surface area (Å²) in [5.41, 5.74) is 3.29. The van der Waals surface area contributed by atoms with Crippen LogP contribution in [0.3, 0.4) is 0 Å². The number of carbonyl (C=O) groups excluding carboxylic acids is 3. The van der Waals surface area contributed by atoms with Crippen LogP contribution in [0.15, 0.2) is 132 Å². The van der Waals surface area contributed by atoms with Gasteiger partial charge in [0.05, 0.1) is 30.5 Å². The Kier molecular flexibility index (Phi) is 9.59. The van der Waals surface area contributed by atoms with Gasteiger partial charge in [0.2, 0.25) is 5.91 Å². The predicted octanol–water partition coefficient (Wildman–Crippen LogP) is 8.04. The van der Waals surface area contributed by atoms with Crippen molar-refractivity contribution >= 4 is 63.1 Å². The average Bonchev–Trinajstić information content (AvgIpc) is 3.45. The van der Waals surface area contributed by atoms with E-state index in [4.69, 9.17) is 9.47 Å². The molecule has 0 aliphatic heterocycles. The van der Waals surface area contributed by atoms with Crippen LogP contribution in [0.25, 0.3) is 27.9 Å². The molecule has 9 heteroatoms. The highest BCUT2D eigenvalue weighted by atomic mass is 32.2. The van der Waals surface area contributed by atoms with E-state index in [-0.39, 0.29) is 11.6 Å². The first kappa shape index (κ1) is 32.2. The highest BCUT2D eigenvalue weighted by Crippen LogP contribution is 2.33. The molecule has 0 fully saturated rings. The second-order valence-corrected chi connectivity index (χ2v) is 12.4. The second kappa shape index (κ2) is 14.3. The number of hydrogen-bond acceptors (Lipinski definition) is 6. The fourth-order valence-electron chi connectivity index (χ4n) is 5.49. The smallest absolute Gasteiger partial charge is 0.272 e. The fraction of sp³-hybridized carbons (Fsp3) is 0.103. The summed E-state index contributed by atoms with van der Waals surface area (Å²) in [6, 6.07) is 36.9. The average molecular weight is 656 g/mol. The van der Waals surface area contributed by atoms with Crippen LogP contribution in [0.2, 0.25) is 0 Å². The molecule has 0 bridgehead atoms. The van der Waals surface area contributed by atoms with Crippen molar-refractivity contribution in [3.05, 3.63) is 138 Å². The molecule has 1 aromatic heterocycles. The molecule has 2 amide bonds. The Morgan fingerprint density at radius 3 is 2.04 bits per heavy atom. The number of anilines is 1. The van der Waals surface area contributed by atoms with Crippen LogP contribution in [0.5, 0.6) is 11.5 Å². The molecule has 5 aromatic carbocycles. The van der Waals surface area contributed by atoms with Gasteiger partial charge in [-0.1, -0.05) is 66.7 Å². The SMILES string of the molecule is COc1ccc(/C=C(/NC(=O)c2ccccc2)C(=O)Nc2cccc(SC(C)C(=O)n3c4ccccc4c4ccccc43)c2)cc1OC. The number of hydrogen-bond donors (Lipinski definition) is 2. The molecule has 6 aromatic rings. The van der Waals surface area contributed by atoms with Crippen LogP contribution in [0.4, 0.5) is 5.69 Å². The minimum Gasteiger partial charge on any atom is -0.493 e. The number of amides is 2. The maximum atomic E-state index is 13.9. The van der Waals surface area contributed by atoms with Crippen molar-refractivity contribution in [3.8, 4) is 11.5 Å². The van der Waals surface area contributed by atoms with Crippen molar-refractivity contribution in [2.45, 2.75) is 17.1 Å². The zero-order valence-electron chi connectivity index (χ0n) is 26.6. The normalized spacial score (nSPS) is 12.0. The molecule has 2 N–H and O–H groups in total. The molecule has 0 aliphatic carbocycles. The highest BCUT2D eigenvalue weighted by molar-refractivity contribution is 8.00. The van der Waals surface area contributed by atoms with Crippen LogP contribution in [0, 0.1) is 0 Å². The quantitative estimate of drug-likeness (QED) is 0.115. The lowest BCUT2D eigenvalue weighted by atomic mass is 10.1. The van der Waals surface area contributed by atoms with Crippen LogP contribution >= 0.6 is 11.8 Å². The number of para-hydroxylation sites is 2. The fourth-order valence-corrected chi connectivity index (χ4v) is 6.46. The summed E-state index contributed by atoms with van der Waals surface area (Å²) < 4.78 is 12.5. The van der Waals surface area contributed by atoms with Gasteiger partial charge in [-0.05, 0) is 73.2 Å². The molecule has 6 rings (SSSR count). The van der Waals surface area contributed by atoms with Gasteiger partial charge < -0.3 is 20.1 Å². The lowest BCUT2D eigenvalue weighted by molar-refractivity contribution is -0.113. The first-order valence-corrected chi connectivity index (χ1v) is 16.1. The summed E-state index contributed by atoms with van der Waals surface area (Å²) in [6.45, 7) is 1.88. The van der Waals surface area contributed by atoms with Crippen LogP contribution < -0.4 is 20.1 Å². The molecule has 1 heterocycles. The predicted molar refractivity (Wildman–Crippen MR) is 192 cm³/mol. The largest absolute Gasteiger partial charge is 0.493 e. The molecule has 0 saturated carbocycles. The Balaban J connectivity index is 1.24. The number of carbonyl (C=O) groups is 3. The summed E-state index contributed by atoms with van der Waals surface area (Å²) in [6.07, 6.45) is 1.57. The van der Waals surface area contributed by atoms with E-state index in [1.807, 2.05) is 79.7 Å². The van der Waals surface area contributed by atoms with E-state index < -0.39 is 17.1 Å². The van der Waals surface area contributed by atoms with Gasteiger partial charge in [-0.2, -0.15) is 0 Å². The second-order valence-electron chi connectivity index (χ2n) is 10.9. The molecule has 48 heavy (non-hydrogen) atoms. The molecule has 0 radical (unpaired) electrons. The van der Waals surface area contributed by atoms with Crippen LogP contribution in [-0.2, 0) is 4.79 Å². The molecule has 1 atom stereocenters. The van der Waals surface area contributed by atoms with Gasteiger partial charge in [-0.15, -0.1) is 11.8 Å². The lowest BCUT2D eigenvalue weighted by Crippen LogP contribution is -2.30. The van der Waals surface area contributed by atoms with Crippen molar-refractivity contribution in [2.75, 3.05) is 19.5 Å². The summed E-state index contributed by atoms with van der Waals surface area (Å²) in [5, 5.41) is 7.29. The first-order chi connectivity index (χ1) is 23.4. The van der Waals surface area contributed by atoms with E-state index in [1.165, 1.54) is 18.9 Å². The van der Waals surface area contributed by atoms with E-state index in [2.05, 4.69) is 10.6 Å². The topological polar surface area (TPSA) is 98.7 Å². The number of nitrogens with one attached hydrogen (secondary N) is 2. The first-order valence-electron chi connectivity index (χ1n) is 15.3. The summed E-state index contributed by atoms with van der Waals surface area (Å²) >= 11 is 1.40. The summed E-state index contributed by atoms with van der Waals surface area (Å²) in [4.78, 5) is 41.5. The Labute approximate surface area is 282 Å². The number of ether oxygens (including phenoxy) is 2. The maximum Gasteiger partial charge on any atom is 0.272 e. The Hall–Kier alpha value is -5.80. The van der Waals surface area contributed by atoms with E-state index in [0.29, 0.717) is 28.3 Å². The molecule has 0 saturated heterocycles. The van der Waals surface area contributed by atoms with Crippen LogP contribution in [-0.4, -0.2) is 41.8 Å². The highest BCUT2D eigenvalue weighted by Gasteiger charge is 2.22. The van der Waals surface area contributed by atoms with Crippen molar-refractivity contribution in [3.63, 3.8) is 0 Å². The number of methoxy groups -OCH3 is 2. The number of aromatic nitrogens is 1. The Morgan fingerprint density at radius 1 is 0.729 bits per heavy atom. The zero-order valence-corrected chi connectivity index (χ0v) is 27.4. The monoisotopic (exact) mass is 655 g/mol. The maximum absolute atomic E-state index is 13.9. The van der Waals surface area contributed by atoms with Gasteiger partial charge in [0, 0.05) is 26.9 Å². The van der Waals surface area contributed by atoms with Gasteiger partial charge >= 0.3 is 0 Å². The summed E-state index contributed by atoms with van der Waals surface area (Å²) in [7, 11) is 3.07. The molecule has 240 valence electrons. The van der Waals surface area contributed by atoms with Crippen molar-refractivity contribution in [1.29, 1.82) is 0 Å². The van der Waals surface area contributed by atoms with E-state index >= 15 is 0 Å². The van der Waals surface area contributed by atoms with E-state index in [9.17, 15) is 14.4 Å². The number of rotatable bonds is 10. The van der Waals surface area contributed by atoms with E-state index in [0.717, 1.165) is 26.7 Å². The minimum atomic E-state index is -0.523. The van der Waals surface area contributed by atoms with Gasteiger partial charge in [-0.25, -0.2) is 0 Å². The standard InChI is InChI=1S/C39H33N3O5S/c1-25(39(45)42-33-18-9-7-16-30(33)31-17-8-10-19-34(31)42)48-29-15-11-14-28(24-29)40-38(44)32(41-37(43)27-12-5-4-6-13-27)22-26-20-21-35(46-2)36(23-26)47-3/h4-25H,1-3H3,(H,40,44)(H,41,43)/b32-22+. The Morgan fingerprint density at radius 2 is 1.38 bits per heavy atom. The van der Waals surface area contributed by atoms with Gasteiger partial charge in [0.25, 0.3) is 11.8 Å². The molecule has 0 aliphatic rings. The molecular weight excluding hydrogens is 623 g/mol. The number of benzene rings is 5. The summed E-state index contributed by atoms with van der Waals surface area (Å²) in [5.74, 6) is 0.0178. The third kappa shape index (κ3) is 6.82. The number of thioether (sulfide) groups is 1. The zero-order chi connectivity index (χ0) is 33.6. The number of nitrogens with zero attached hydrogens (tertiary/aromatic N) is 1. The minimum absolute atomic E-state index is 0.0315. The number of fused-ring (bicyclic) bond motifs is 3.